The van der Waals surface area contributed by atoms with Crippen LogP contribution in [0.2, 0.25) is 0 Å². The number of anilines is 1. The van der Waals surface area contributed by atoms with Crippen LogP contribution in [-0.4, -0.2) is 17.6 Å². The van der Waals surface area contributed by atoms with Crippen molar-refractivity contribution in [3.63, 3.8) is 0 Å². The first-order valence-corrected chi connectivity index (χ1v) is 10.7. The summed E-state index contributed by atoms with van der Waals surface area (Å²) in [6, 6.07) is 17.0. The van der Waals surface area contributed by atoms with Gasteiger partial charge in [-0.15, -0.1) is 11.8 Å². The topological polar surface area (TPSA) is 58.2 Å². The number of hydrogen-bond acceptors (Lipinski definition) is 3. The number of hydrogen-bond donors (Lipinski definition) is 2. The van der Waals surface area contributed by atoms with Gasteiger partial charge in [0, 0.05) is 22.2 Å². The van der Waals surface area contributed by atoms with Crippen LogP contribution in [0.15, 0.2) is 71.6 Å². The highest BCUT2D eigenvalue weighted by Crippen LogP contribution is 2.24. The van der Waals surface area contributed by atoms with Crippen molar-refractivity contribution >= 4 is 29.3 Å². The molecule has 0 saturated heterocycles. The van der Waals surface area contributed by atoms with E-state index >= 15 is 0 Å². The van der Waals surface area contributed by atoms with E-state index in [-0.39, 0.29) is 17.2 Å². The minimum atomic E-state index is -0.719. The van der Waals surface area contributed by atoms with E-state index in [0.717, 1.165) is 17.7 Å². The molecule has 0 aliphatic rings. The van der Waals surface area contributed by atoms with Crippen molar-refractivity contribution in [3.05, 3.63) is 95.1 Å². The van der Waals surface area contributed by atoms with Crippen LogP contribution >= 0.6 is 11.8 Å². The lowest BCUT2D eigenvalue weighted by atomic mass is 10.1. The Labute approximate surface area is 184 Å². The summed E-state index contributed by atoms with van der Waals surface area (Å²) < 4.78 is 27.1. The van der Waals surface area contributed by atoms with Gasteiger partial charge in [0.2, 0.25) is 5.91 Å². The third kappa shape index (κ3) is 6.15. The summed E-state index contributed by atoms with van der Waals surface area (Å²) in [5.41, 5.74) is 2.38. The highest BCUT2D eigenvalue weighted by molar-refractivity contribution is 8.00. The highest BCUT2D eigenvalue weighted by Gasteiger charge is 2.18. The highest BCUT2D eigenvalue weighted by atomic mass is 32.2. The molecule has 0 heterocycles. The van der Waals surface area contributed by atoms with E-state index in [1.54, 1.807) is 31.2 Å². The molecule has 4 nitrogen and oxygen atoms in total. The fraction of sp³-hybridized carbons (Fsp3) is 0.167. The van der Waals surface area contributed by atoms with Crippen LogP contribution in [0, 0.1) is 18.6 Å². The van der Waals surface area contributed by atoms with E-state index in [4.69, 9.17) is 0 Å². The van der Waals surface area contributed by atoms with E-state index < -0.39 is 23.6 Å². The fourth-order valence-corrected chi connectivity index (χ4v) is 3.81. The first kappa shape index (κ1) is 22.5. The van der Waals surface area contributed by atoms with Gasteiger partial charge < -0.3 is 10.6 Å². The number of carbonyl (C=O) groups is 2. The van der Waals surface area contributed by atoms with Crippen molar-refractivity contribution in [2.24, 2.45) is 0 Å². The van der Waals surface area contributed by atoms with Gasteiger partial charge in [0.1, 0.15) is 11.6 Å². The second-order valence-electron chi connectivity index (χ2n) is 7.06. The Morgan fingerprint density at radius 1 is 1.00 bits per heavy atom. The first-order chi connectivity index (χ1) is 14.8. The lowest BCUT2D eigenvalue weighted by Crippen LogP contribution is -2.27. The molecule has 0 bridgehead atoms. The zero-order valence-corrected chi connectivity index (χ0v) is 17.9. The van der Waals surface area contributed by atoms with Crippen LogP contribution in [-0.2, 0) is 4.79 Å². The van der Waals surface area contributed by atoms with E-state index in [1.807, 2.05) is 31.2 Å². The van der Waals surface area contributed by atoms with Crippen molar-refractivity contribution < 1.29 is 18.4 Å². The summed E-state index contributed by atoms with van der Waals surface area (Å²) >= 11 is 1.24. The molecule has 3 aromatic rings. The Bertz CT molecular complexity index is 1090. The van der Waals surface area contributed by atoms with Gasteiger partial charge in [-0.3, -0.25) is 9.59 Å². The number of rotatable bonds is 7. The van der Waals surface area contributed by atoms with Crippen LogP contribution < -0.4 is 10.6 Å². The number of carbonyl (C=O) groups excluding carboxylic acids is 2. The van der Waals surface area contributed by atoms with Crippen LogP contribution in [0.25, 0.3) is 0 Å². The molecular weight excluding hydrogens is 418 g/mol. The van der Waals surface area contributed by atoms with Gasteiger partial charge in [-0.05, 0) is 44.2 Å². The molecule has 0 spiro atoms. The van der Waals surface area contributed by atoms with E-state index in [1.165, 1.54) is 17.8 Å². The Morgan fingerprint density at radius 3 is 2.42 bits per heavy atom. The van der Waals surface area contributed by atoms with Gasteiger partial charge in [-0.25, -0.2) is 8.78 Å². The second-order valence-corrected chi connectivity index (χ2v) is 8.08. The van der Waals surface area contributed by atoms with Gasteiger partial charge >= 0.3 is 0 Å². The fourth-order valence-electron chi connectivity index (χ4n) is 2.96. The molecule has 0 aromatic heterocycles. The number of thioether (sulfide) groups is 1. The maximum atomic E-state index is 14.0. The molecule has 3 aromatic carbocycles. The maximum Gasteiger partial charge on any atom is 0.252 e. The molecule has 0 saturated carbocycles. The summed E-state index contributed by atoms with van der Waals surface area (Å²) in [5, 5.41) is 5.55. The third-order valence-electron chi connectivity index (χ3n) is 4.60. The van der Waals surface area contributed by atoms with Crippen molar-refractivity contribution in [3.8, 4) is 0 Å². The summed E-state index contributed by atoms with van der Waals surface area (Å²) in [4.78, 5) is 25.7. The summed E-state index contributed by atoms with van der Waals surface area (Å²) in [6.45, 7) is 3.59. The predicted octanol–water partition coefficient (Wildman–Crippen LogP) is 5.50. The van der Waals surface area contributed by atoms with Crippen LogP contribution in [0.4, 0.5) is 14.5 Å². The minimum absolute atomic E-state index is 0.125. The first-order valence-electron chi connectivity index (χ1n) is 9.67. The molecule has 0 fully saturated rings. The standard InChI is InChI=1S/C24H22F2N2O2S/c1-15-7-10-18(11-8-15)28-23(29)14-31-22-6-4-3-5-20(22)24(30)27-16(2)19-12-9-17(25)13-21(19)26/h3-13,16H,14H2,1-2H3,(H,27,30)(H,28,29). The average molecular weight is 441 g/mol. The molecule has 2 amide bonds. The molecule has 3 rings (SSSR count). The molecule has 7 heteroatoms. The number of amides is 2. The number of aryl methyl sites for hydroxylation is 1. The number of nitrogens with one attached hydrogen (secondary N) is 2. The second kappa shape index (κ2) is 10.2. The molecule has 0 aliphatic carbocycles. The molecule has 31 heavy (non-hydrogen) atoms. The lowest BCUT2D eigenvalue weighted by molar-refractivity contribution is -0.113. The SMILES string of the molecule is Cc1ccc(NC(=O)CSc2ccccc2C(=O)NC(C)c2ccc(F)cc2F)cc1. The van der Waals surface area contributed by atoms with Gasteiger partial charge in [0.05, 0.1) is 17.4 Å². The van der Waals surface area contributed by atoms with Crippen LogP contribution in [0.5, 0.6) is 0 Å². The molecule has 2 N–H and O–H groups in total. The third-order valence-corrected chi connectivity index (χ3v) is 5.68. The van der Waals surface area contributed by atoms with Crippen molar-refractivity contribution in [2.75, 3.05) is 11.1 Å². The largest absolute Gasteiger partial charge is 0.345 e. The Kier molecular flexibility index (Phi) is 7.41. The van der Waals surface area contributed by atoms with E-state index in [9.17, 15) is 18.4 Å². The summed E-state index contributed by atoms with van der Waals surface area (Å²) in [5.74, 6) is -1.86. The molecule has 1 unspecified atom stereocenters. The maximum absolute atomic E-state index is 14.0. The van der Waals surface area contributed by atoms with Gasteiger partial charge in [0.25, 0.3) is 5.91 Å². The lowest BCUT2D eigenvalue weighted by Gasteiger charge is -2.16. The van der Waals surface area contributed by atoms with Gasteiger partial charge in [0.15, 0.2) is 0 Å². The van der Waals surface area contributed by atoms with E-state index in [0.29, 0.717) is 16.1 Å². The molecule has 0 aliphatic heterocycles. The average Bonchev–Trinajstić information content (AvgIpc) is 2.74. The zero-order chi connectivity index (χ0) is 22.4. The predicted molar refractivity (Wildman–Crippen MR) is 119 cm³/mol. The summed E-state index contributed by atoms with van der Waals surface area (Å²) in [6.07, 6.45) is 0. The monoisotopic (exact) mass is 440 g/mol. The Morgan fingerprint density at radius 2 is 1.71 bits per heavy atom. The van der Waals surface area contributed by atoms with Crippen molar-refractivity contribution in [1.29, 1.82) is 0 Å². The molecule has 0 radical (unpaired) electrons. The normalized spacial score (nSPS) is 11.6. The smallest absolute Gasteiger partial charge is 0.252 e. The van der Waals surface area contributed by atoms with Crippen molar-refractivity contribution in [2.45, 2.75) is 24.8 Å². The van der Waals surface area contributed by atoms with Gasteiger partial charge in [-0.2, -0.15) is 0 Å². The van der Waals surface area contributed by atoms with Gasteiger partial charge in [-0.1, -0.05) is 35.9 Å². The summed E-state index contributed by atoms with van der Waals surface area (Å²) in [7, 11) is 0. The molecular formula is C24H22F2N2O2S. The zero-order valence-electron chi connectivity index (χ0n) is 17.1. The quantitative estimate of drug-likeness (QED) is 0.477. The van der Waals surface area contributed by atoms with Crippen LogP contribution in [0.3, 0.4) is 0 Å². The Balaban J connectivity index is 1.64. The number of benzene rings is 3. The van der Waals surface area contributed by atoms with E-state index in [2.05, 4.69) is 10.6 Å². The van der Waals surface area contributed by atoms with Crippen molar-refractivity contribution in [1.82, 2.24) is 5.32 Å². The molecule has 160 valence electrons. The van der Waals surface area contributed by atoms with Crippen LogP contribution in [0.1, 0.15) is 34.5 Å². The Hall–Kier alpha value is -3.19. The molecule has 1 atom stereocenters. The number of halogens is 2. The minimum Gasteiger partial charge on any atom is -0.345 e.